The molecule has 0 aliphatic heterocycles. The number of nitrogens with one attached hydrogen (secondary N) is 2. The molecule has 1 aromatic rings. The summed E-state index contributed by atoms with van der Waals surface area (Å²) in [6.07, 6.45) is 7.61. The van der Waals surface area contributed by atoms with Gasteiger partial charge in [-0.1, -0.05) is 6.92 Å². The van der Waals surface area contributed by atoms with Crippen molar-refractivity contribution < 1.29 is 24.2 Å². The highest BCUT2D eigenvalue weighted by Crippen LogP contribution is 2.28. The largest absolute Gasteiger partial charge is 0.483 e. The van der Waals surface area contributed by atoms with Crippen molar-refractivity contribution in [3.63, 3.8) is 0 Å². The molecule has 0 unspecified atom stereocenters. The number of nitriles is 1. The molecule has 2 amide bonds. The number of amides is 2. The fourth-order valence-electron chi connectivity index (χ4n) is 3.72. The third kappa shape index (κ3) is 7.33. The van der Waals surface area contributed by atoms with Crippen LogP contribution in [0.4, 0.5) is 0 Å². The number of aromatic nitrogens is 1. The fraction of sp³-hybridized carbons (Fsp3) is 0.591. The van der Waals surface area contributed by atoms with Crippen LogP contribution in [-0.2, 0) is 14.3 Å². The molecule has 2 saturated carbocycles. The second kappa shape index (κ2) is 12.6. The lowest BCUT2D eigenvalue weighted by atomic mass is 9.82. The third-order valence-electron chi connectivity index (χ3n) is 5.60. The first-order valence-corrected chi connectivity index (χ1v) is 10.7. The van der Waals surface area contributed by atoms with E-state index in [4.69, 9.17) is 19.9 Å². The van der Waals surface area contributed by atoms with E-state index in [9.17, 15) is 9.59 Å². The molecule has 0 bridgehead atoms. The number of ether oxygens (including phenoxy) is 1. The van der Waals surface area contributed by atoms with Crippen molar-refractivity contribution in [2.24, 2.45) is 5.92 Å². The first kappa shape index (κ1) is 24.3. The van der Waals surface area contributed by atoms with Crippen molar-refractivity contribution in [3.05, 3.63) is 29.6 Å². The summed E-state index contributed by atoms with van der Waals surface area (Å²) in [4.78, 5) is 37.6. The van der Waals surface area contributed by atoms with Gasteiger partial charge in [0.05, 0.1) is 17.7 Å². The second-order valence-electron chi connectivity index (χ2n) is 7.78. The molecule has 1 aromatic heterocycles. The van der Waals surface area contributed by atoms with Crippen LogP contribution in [0.15, 0.2) is 18.3 Å². The molecule has 3 rings (SSSR count). The van der Waals surface area contributed by atoms with E-state index in [1.165, 1.54) is 18.7 Å². The molecule has 168 valence electrons. The molecule has 2 fully saturated rings. The van der Waals surface area contributed by atoms with E-state index in [0.29, 0.717) is 24.6 Å². The number of hydrogen-bond acceptors (Lipinski definition) is 6. The quantitative estimate of drug-likeness (QED) is 0.562. The lowest BCUT2D eigenvalue weighted by Gasteiger charge is -2.37. The van der Waals surface area contributed by atoms with Crippen molar-refractivity contribution in [1.29, 1.82) is 5.26 Å². The van der Waals surface area contributed by atoms with Crippen molar-refractivity contribution in [1.82, 2.24) is 15.6 Å². The Morgan fingerprint density at radius 2 is 2.03 bits per heavy atom. The van der Waals surface area contributed by atoms with E-state index in [1.54, 1.807) is 6.07 Å². The maximum Gasteiger partial charge on any atom is 0.290 e. The van der Waals surface area contributed by atoms with Crippen LogP contribution >= 0.6 is 0 Å². The SMILES string of the molecule is CCCO[C@@H]1CC[C@H](C(=O)NC2CCC2)C[C@H]1NC(=O)c1ccc(C#N)nc1.O=CO. The van der Waals surface area contributed by atoms with Gasteiger partial charge in [-0.05, 0) is 57.1 Å². The zero-order chi connectivity index (χ0) is 22.6. The Balaban J connectivity index is 0.00000107. The molecular weight excluding hydrogens is 400 g/mol. The minimum Gasteiger partial charge on any atom is -0.483 e. The van der Waals surface area contributed by atoms with Gasteiger partial charge < -0.3 is 20.5 Å². The predicted molar refractivity (Wildman–Crippen MR) is 112 cm³/mol. The van der Waals surface area contributed by atoms with Crippen LogP contribution in [0.25, 0.3) is 0 Å². The Kier molecular flexibility index (Phi) is 9.91. The van der Waals surface area contributed by atoms with Gasteiger partial charge in [0.1, 0.15) is 11.8 Å². The summed E-state index contributed by atoms with van der Waals surface area (Å²) in [6, 6.07) is 5.15. The maximum atomic E-state index is 12.7. The molecule has 0 saturated heterocycles. The van der Waals surface area contributed by atoms with Crippen LogP contribution in [0.3, 0.4) is 0 Å². The molecule has 0 aromatic carbocycles. The fourth-order valence-corrected chi connectivity index (χ4v) is 3.72. The van der Waals surface area contributed by atoms with Crippen LogP contribution in [0.2, 0.25) is 0 Å². The van der Waals surface area contributed by atoms with Gasteiger partial charge in [-0.15, -0.1) is 0 Å². The molecule has 0 spiro atoms. The zero-order valence-electron chi connectivity index (χ0n) is 17.8. The maximum absolute atomic E-state index is 12.7. The number of carboxylic acid groups (broad SMARTS) is 1. The average Bonchev–Trinajstić information content (AvgIpc) is 2.75. The lowest BCUT2D eigenvalue weighted by molar-refractivity contribution is -0.129. The van der Waals surface area contributed by atoms with Crippen molar-refractivity contribution >= 4 is 18.3 Å². The molecule has 2 aliphatic rings. The lowest BCUT2D eigenvalue weighted by Crippen LogP contribution is -2.52. The number of hydrogen-bond donors (Lipinski definition) is 3. The first-order chi connectivity index (χ1) is 15.0. The summed E-state index contributed by atoms with van der Waals surface area (Å²) < 4.78 is 5.95. The Morgan fingerprint density at radius 3 is 2.58 bits per heavy atom. The smallest absolute Gasteiger partial charge is 0.290 e. The number of rotatable bonds is 7. The van der Waals surface area contributed by atoms with E-state index in [0.717, 1.165) is 32.1 Å². The molecule has 3 N–H and O–H groups in total. The van der Waals surface area contributed by atoms with Gasteiger partial charge in [-0.2, -0.15) is 5.26 Å². The van der Waals surface area contributed by atoms with Gasteiger partial charge in [0, 0.05) is 24.8 Å². The van der Waals surface area contributed by atoms with E-state index >= 15 is 0 Å². The Bertz CT molecular complexity index is 773. The monoisotopic (exact) mass is 430 g/mol. The second-order valence-corrected chi connectivity index (χ2v) is 7.78. The van der Waals surface area contributed by atoms with Crippen LogP contribution in [-0.4, -0.2) is 53.2 Å². The minimum atomic E-state index is -0.257. The topological polar surface area (TPSA) is 141 Å². The standard InChI is InChI=1S/C21H28N4O3.CH2O2/c1-2-10-28-19-9-7-14(20(26)24-16-4-3-5-16)11-18(19)25-21(27)15-6-8-17(12-22)23-13-15;2-1-3/h6,8,13-14,16,18-19H,2-5,7,9-11H2,1H3,(H,24,26)(H,25,27);1H,(H,2,3)/t14-,18+,19+;/m0./s1. The number of carbonyl (C=O) groups is 3. The number of nitrogens with zero attached hydrogens (tertiary/aromatic N) is 2. The Morgan fingerprint density at radius 1 is 1.29 bits per heavy atom. The summed E-state index contributed by atoms with van der Waals surface area (Å²) in [5.74, 6) is -0.267. The van der Waals surface area contributed by atoms with Gasteiger partial charge >= 0.3 is 0 Å². The highest BCUT2D eigenvalue weighted by Gasteiger charge is 2.36. The molecule has 0 radical (unpaired) electrons. The molecule has 1 heterocycles. The van der Waals surface area contributed by atoms with Gasteiger partial charge in [0.25, 0.3) is 12.4 Å². The summed E-state index contributed by atoms with van der Waals surface area (Å²) in [7, 11) is 0. The van der Waals surface area contributed by atoms with Crippen molar-refractivity contribution in [2.75, 3.05) is 6.61 Å². The Hall–Kier alpha value is -2.99. The average molecular weight is 431 g/mol. The first-order valence-electron chi connectivity index (χ1n) is 10.7. The molecule has 9 heteroatoms. The summed E-state index contributed by atoms with van der Waals surface area (Å²) in [5.41, 5.74) is 0.667. The highest BCUT2D eigenvalue weighted by atomic mass is 16.5. The molecule has 31 heavy (non-hydrogen) atoms. The van der Waals surface area contributed by atoms with E-state index in [1.807, 2.05) is 13.0 Å². The van der Waals surface area contributed by atoms with Crippen molar-refractivity contribution in [2.45, 2.75) is 70.1 Å². The zero-order valence-corrected chi connectivity index (χ0v) is 17.8. The van der Waals surface area contributed by atoms with E-state index in [-0.39, 0.29) is 42.0 Å². The van der Waals surface area contributed by atoms with Gasteiger partial charge in [-0.25, -0.2) is 4.98 Å². The van der Waals surface area contributed by atoms with E-state index < -0.39 is 0 Å². The predicted octanol–water partition coefficient (Wildman–Crippen LogP) is 2.02. The number of carbonyl (C=O) groups excluding carboxylic acids is 2. The normalized spacial score (nSPS) is 22.6. The van der Waals surface area contributed by atoms with Gasteiger partial charge in [-0.3, -0.25) is 14.4 Å². The van der Waals surface area contributed by atoms with Crippen LogP contribution in [0.5, 0.6) is 0 Å². The summed E-state index contributed by atoms with van der Waals surface area (Å²) in [6.45, 7) is 2.43. The summed E-state index contributed by atoms with van der Waals surface area (Å²) in [5, 5.41) is 21.9. The third-order valence-corrected chi connectivity index (χ3v) is 5.60. The van der Waals surface area contributed by atoms with Gasteiger partial charge in [0.15, 0.2) is 0 Å². The molecule has 9 nitrogen and oxygen atoms in total. The van der Waals surface area contributed by atoms with E-state index in [2.05, 4.69) is 15.6 Å². The molecule has 3 atom stereocenters. The summed E-state index contributed by atoms with van der Waals surface area (Å²) >= 11 is 0. The van der Waals surface area contributed by atoms with Gasteiger partial charge in [0.2, 0.25) is 5.91 Å². The highest BCUT2D eigenvalue weighted by molar-refractivity contribution is 5.94. The van der Waals surface area contributed by atoms with Crippen LogP contribution in [0.1, 0.15) is 67.9 Å². The number of pyridine rings is 1. The molecular formula is C22H30N4O5. The minimum absolute atomic E-state index is 0.0945. The van der Waals surface area contributed by atoms with Crippen molar-refractivity contribution in [3.8, 4) is 6.07 Å². The molecule has 2 aliphatic carbocycles. The van der Waals surface area contributed by atoms with Crippen LogP contribution < -0.4 is 10.6 Å². The van der Waals surface area contributed by atoms with Crippen LogP contribution in [0, 0.1) is 17.2 Å². The Labute approximate surface area is 182 Å².